The highest BCUT2D eigenvalue weighted by atomic mass is 16.6. The van der Waals surface area contributed by atoms with Crippen LogP contribution >= 0.6 is 0 Å². The van der Waals surface area contributed by atoms with Crippen molar-refractivity contribution in [2.75, 3.05) is 5.43 Å². The lowest BCUT2D eigenvalue weighted by atomic mass is 9.74. The normalized spacial score (nSPS) is 16.1. The van der Waals surface area contributed by atoms with E-state index >= 15 is 0 Å². The van der Waals surface area contributed by atoms with E-state index in [1.165, 1.54) is 18.2 Å². The van der Waals surface area contributed by atoms with Crippen molar-refractivity contribution in [1.29, 1.82) is 0 Å². The smallest absolute Gasteiger partial charge is 0.294 e. The lowest BCUT2D eigenvalue weighted by Gasteiger charge is -2.42. The number of nitro benzene ring substituents is 1. The molecule has 0 aliphatic heterocycles. The number of nitrogens with two attached hydrogens (primary N) is 1. The fraction of sp³-hybridized carbons (Fsp3) is 0.462. The minimum absolute atomic E-state index is 0.142. The molecule has 20 heavy (non-hydrogen) atoms. The number of rotatable bonds is 5. The highest BCUT2D eigenvalue weighted by Gasteiger charge is 2.36. The molecule has 1 aromatic rings. The predicted molar refractivity (Wildman–Crippen MR) is 75.2 cm³/mol. The fourth-order valence-corrected chi connectivity index (χ4v) is 2.43. The molecule has 0 atom stereocenters. The van der Waals surface area contributed by atoms with Crippen LogP contribution in [0, 0.1) is 10.1 Å². The molecule has 1 saturated carbocycles. The molecule has 2 rings (SSSR count). The van der Waals surface area contributed by atoms with Gasteiger partial charge in [0, 0.05) is 17.2 Å². The van der Waals surface area contributed by atoms with Crippen molar-refractivity contribution >= 4 is 17.3 Å². The highest BCUT2D eigenvalue weighted by molar-refractivity contribution is 5.96. The van der Waals surface area contributed by atoms with Crippen LogP contribution in [0.4, 0.5) is 11.4 Å². The highest BCUT2D eigenvalue weighted by Crippen LogP contribution is 2.35. The summed E-state index contributed by atoms with van der Waals surface area (Å²) < 4.78 is 0. The van der Waals surface area contributed by atoms with Crippen LogP contribution in [0.15, 0.2) is 18.2 Å². The number of hydrogen-bond acceptors (Lipinski definition) is 5. The second-order valence-corrected chi connectivity index (χ2v) is 5.07. The van der Waals surface area contributed by atoms with E-state index in [9.17, 15) is 14.9 Å². The van der Waals surface area contributed by atoms with E-state index in [4.69, 9.17) is 5.84 Å². The lowest BCUT2D eigenvalue weighted by molar-refractivity contribution is -0.384. The Bertz CT molecular complexity index is 535. The predicted octanol–water partition coefficient (Wildman–Crippen LogP) is 1.94. The van der Waals surface area contributed by atoms with Crippen LogP contribution in [0.3, 0.4) is 0 Å². The van der Waals surface area contributed by atoms with Gasteiger partial charge in [0.15, 0.2) is 0 Å². The molecular formula is C13H18N4O3. The van der Waals surface area contributed by atoms with Gasteiger partial charge in [-0.05, 0) is 37.8 Å². The van der Waals surface area contributed by atoms with Gasteiger partial charge >= 0.3 is 0 Å². The van der Waals surface area contributed by atoms with E-state index in [0.717, 1.165) is 25.7 Å². The molecule has 0 aromatic heterocycles. The number of nitrogens with zero attached hydrogens (tertiary/aromatic N) is 1. The van der Waals surface area contributed by atoms with Crippen molar-refractivity contribution in [2.24, 2.45) is 5.84 Å². The number of amides is 1. The Morgan fingerprint density at radius 3 is 2.65 bits per heavy atom. The molecule has 1 aliphatic rings. The lowest BCUT2D eigenvalue weighted by Crippen LogP contribution is -2.52. The van der Waals surface area contributed by atoms with Crippen LogP contribution in [-0.4, -0.2) is 16.4 Å². The number of carbonyl (C=O) groups excluding carboxylic acids is 1. The van der Waals surface area contributed by atoms with Crippen LogP contribution in [-0.2, 0) is 0 Å². The summed E-state index contributed by atoms with van der Waals surface area (Å²) in [4.78, 5) is 22.6. The molecule has 0 bridgehead atoms. The number of nitro groups is 1. The maximum atomic E-state index is 12.2. The Labute approximate surface area is 116 Å². The molecule has 1 fully saturated rings. The van der Waals surface area contributed by atoms with E-state index in [-0.39, 0.29) is 28.4 Å². The number of hydrazine groups is 1. The Balaban J connectivity index is 2.22. The third kappa shape index (κ3) is 2.57. The summed E-state index contributed by atoms with van der Waals surface area (Å²) in [5.74, 6) is 4.93. The minimum atomic E-state index is -0.565. The van der Waals surface area contributed by atoms with Crippen molar-refractivity contribution in [3.8, 4) is 0 Å². The molecule has 4 N–H and O–H groups in total. The summed E-state index contributed by atoms with van der Waals surface area (Å²) in [6.45, 7) is 2.03. The molecule has 0 radical (unpaired) electrons. The first-order valence-corrected chi connectivity index (χ1v) is 6.59. The summed E-state index contributed by atoms with van der Waals surface area (Å²) in [5.41, 5.74) is 2.35. The van der Waals surface area contributed by atoms with Crippen LogP contribution in [0.25, 0.3) is 0 Å². The van der Waals surface area contributed by atoms with Crippen LogP contribution < -0.4 is 16.6 Å². The number of anilines is 1. The Hall–Kier alpha value is -2.15. The Morgan fingerprint density at radius 1 is 1.50 bits per heavy atom. The molecule has 1 amide bonds. The van der Waals surface area contributed by atoms with Gasteiger partial charge in [0.1, 0.15) is 5.69 Å². The molecule has 0 heterocycles. The van der Waals surface area contributed by atoms with Gasteiger partial charge in [0.2, 0.25) is 0 Å². The first kappa shape index (κ1) is 14.3. The number of carbonyl (C=O) groups is 1. The topological polar surface area (TPSA) is 110 Å². The zero-order chi connectivity index (χ0) is 14.8. The van der Waals surface area contributed by atoms with E-state index in [2.05, 4.69) is 10.7 Å². The molecular weight excluding hydrogens is 260 g/mol. The van der Waals surface area contributed by atoms with E-state index in [1.54, 1.807) is 0 Å². The van der Waals surface area contributed by atoms with Gasteiger partial charge in [0.25, 0.3) is 11.6 Å². The zero-order valence-corrected chi connectivity index (χ0v) is 11.3. The first-order chi connectivity index (χ1) is 9.51. The quantitative estimate of drug-likeness (QED) is 0.433. The van der Waals surface area contributed by atoms with Crippen molar-refractivity contribution in [3.05, 3.63) is 33.9 Å². The molecule has 0 unspecified atom stereocenters. The van der Waals surface area contributed by atoms with Crippen molar-refractivity contribution in [3.63, 3.8) is 0 Å². The number of nitrogens with one attached hydrogen (secondary N) is 2. The van der Waals surface area contributed by atoms with E-state index < -0.39 is 4.92 Å². The fourth-order valence-electron chi connectivity index (χ4n) is 2.43. The molecule has 7 heteroatoms. The van der Waals surface area contributed by atoms with Crippen molar-refractivity contribution in [2.45, 2.75) is 38.1 Å². The summed E-state index contributed by atoms with van der Waals surface area (Å²) in [6.07, 6.45) is 3.88. The van der Waals surface area contributed by atoms with Gasteiger partial charge < -0.3 is 10.7 Å². The largest absolute Gasteiger partial charge is 0.347 e. The first-order valence-electron chi connectivity index (χ1n) is 6.59. The van der Waals surface area contributed by atoms with Crippen LogP contribution in [0.2, 0.25) is 0 Å². The van der Waals surface area contributed by atoms with Crippen LogP contribution in [0.1, 0.15) is 43.0 Å². The summed E-state index contributed by atoms with van der Waals surface area (Å²) in [5, 5.41) is 13.9. The zero-order valence-electron chi connectivity index (χ0n) is 11.3. The molecule has 108 valence electrons. The van der Waals surface area contributed by atoms with Gasteiger partial charge in [-0.15, -0.1) is 0 Å². The molecule has 7 nitrogen and oxygen atoms in total. The standard InChI is InChI=1S/C13H18N4O3/c1-2-13(6-3-7-13)15-12(18)9-4-5-10(16-14)11(8-9)17(19)20/h4-5,8,16H,2-3,6-7,14H2,1H3,(H,15,18). The maximum absolute atomic E-state index is 12.2. The van der Waals surface area contributed by atoms with E-state index in [1.807, 2.05) is 6.92 Å². The van der Waals surface area contributed by atoms with Gasteiger partial charge in [-0.3, -0.25) is 20.8 Å². The number of benzene rings is 1. The van der Waals surface area contributed by atoms with Gasteiger partial charge in [-0.2, -0.15) is 0 Å². The van der Waals surface area contributed by atoms with E-state index in [0.29, 0.717) is 0 Å². The number of nitrogen functional groups attached to an aromatic ring is 1. The minimum Gasteiger partial charge on any atom is -0.347 e. The maximum Gasteiger partial charge on any atom is 0.294 e. The second kappa shape index (κ2) is 5.46. The van der Waals surface area contributed by atoms with Gasteiger partial charge in [-0.25, -0.2) is 0 Å². The number of hydrogen-bond donors (Lipinski definition) is 3. The summed E-state index contributed by atoms with van der Waals surface area (Å²) >= 11 is 0. The monoisotopic (exact) mass is 278 g/mol. The van der Waals surface area contributed by atoms with Crippen molar-refractivity contribution < 1.29 is 9.72 Å². The second-order valence-electron chi connectivity index (χ2n) is 5.07. The third-order valence-corrected chi connectivity index (χ3v) is 3.98. The average Bonchev–Trinajstić information content (AvgIpc) is 2.41. The molecule has 1 aromatic carbocycles. The molecule has 1 aliphatic carbocycles. The average molecular weight is 278 g/mol. The summed E-state index contributed by atoms with van der Waals surface area (Å²) in [7, 11) is 0. The third-order valence-electron chi connectivity index (χ3n) is 3.98. The van der Waals surface area contributed by atoms with Crippen LogP contribution in [0.5, 0.6) is 0 Å². The van der Waals surface area contributed by atoms with Gasteiger partial charge in [0.05, 0.1) is 4.92 Å². The van der Waals surface area contributed by atoms with Crippen molar-refractivity contribution in [1.82, 2.24) is 5.32 Å². The SMILES string of the molecule is CCC1(NC(=O)c2ccc(NN)c([N+](=O)[O-])c2)CCC1. The van der Waals surface area contributed by atoms with Gasteiger partial charge in [-0.1, -0.05) is 6.92 Å². The Kier molecular flexibility index (Phi) is 3.89. The Morgan fingerprint density at radius 2 is 2.20 bits per heavy atom. The summed E-state index contributed by atoms with van der Waals surface area (Å²) in [6, 6.07) is 4.21. The molecule has 0 spiro atoms. The molecule has 0 saturated heterocycles.